The first-order valence-electron chi connectivity index (χ1n) is 7.07. The molecule has 1 nitrogen and oxygen atoms in total. The third-order valence-corrected chi connectivity index (χ3v) is 3.38. The van der Waals surface area contributed by atoms with Gasteiger partial charge in [-0.1, -0.05) is 66.6 Å². The molecule has 0 spiro atoms. The zero-order valence-corrected chi connectivity index (χ0v) is 12.1. The lowest BCUT2D eigenvalue weighted by Gasteiger charge is -2.20. The summed E-state index contributed by atoms with van der Waals surface area (Å²) in [6.07, 6.45) is 1.15. The third-order valence-electron chi connectivity index (χ3n) is 3.38. The Labute approximate surface area is 116 Å². The first kappa shape index (κ1) is 13.8. The van der Waals surface area contributed by atoms with E-state index in [2.05, 4.69) is 74.6 Å². The van der Waals surface area contributed by atoms with E-state index in [0.29, 0.717) is 6.04 Å². The van der Waals surface area contributed by atoms with Crippen molar-refractivity contribution in [3.63, 3.8) is 0 Å². The summed E-state index contributed by atoms with van der Waals surface area (Å²) in [5, 5.41) is 3.65. The minimum atomic E-state index is 0.292. The molecule has 2 aromatic carbocycles. The fourth-order valence-corrected chi connectivity index (χ4v) is 2.33. The van der Waals surface area contributed by atoms with Crippen LogP contribution in [-0.4, -0.2) is 6.54 Å². The molecule has 0 heterocycles. The second-order valence-electron chi connectivity index (χ2n) is 5.21. The monoisotopic (exact) mass is 253 g/mol. The summed E-state index contributed by atoms with van der Waals surface area (Å²) in [7, 11) is 0. The highest BCUT2D eigenvalue weighted by atomic mass is 14.9. The quantitative estimate of drug-likeness (QED) is 0.833. The van der Waals surface area contributed by atoms with Gasteiger partial charge in [0.05, 0.1) is 6.04 Å². The minimum absolute atomic E-state index is 0.292. The number of nitrogens with one attached hydrogen (secondary N) is 1. The zero-order valence-electron chi connectivity index (χ0n) is 12.1. The van der Waals surface area contributed by atoms with Gasteiger partial charge in [-0.25, -0.2) is 0 Å². The standard InChI is InChI=1S/C18H23N/c1-4-12-19-18(16-10-8-14(2)9-11-16)17-7-5-6-15(3)13-17/h5-11,13,18-19H,4,12H2,1-3H3. The minimum Gasteiger partial charge on any atom is -0.306 e. The topological polar surface area (TPSA) is 12.0 Å². The molecule has 1 heteroatoms. The normalized spacial score (nSPS) is 12.4. The lowest BCUT2D eigenvalue weighted by atomic mass is 9.96. The first-order valence-corrected chi connectivity index (χ1v) is 7.07. The summed E-state index contributed by atoms with van der Waals surface area (Å²) in [6, 6.07) is 17.9. The van der Waals surface area contributed by atoms with E-state index in [9.17, 15) is 0 Å². The first-order chi connectivity index (χ1) is 9.20. The smallest absolute Gasteiger partial charge is 0.0576 e. The SMILES string of the molecule is CCCNC(c1ccc(C)cc1)c1cccc(C)c1. The predicted octanol–water partition coefficient (Wildman–Crippen LogP) is 4.39. The molecule has 2 rings (SSSR count). The molecule has 0 radical (unpaired) electrons. The Morgan fingerprint density at radius 2 is 1.63 bits per heavy atom. The van der Waals surface area contributed by atoms with Crippen molar-refractivity contribution in [1.29, 1.82) is 0 Å². The molecule has 0 aliphatic heterocycles. The van der Waals surface area contributed by atoms with Gasteiger partial charge in [0.1, 0.15) is 0 Å². The van der Waals surface area contributed by atoms with Crippen LogP contribution in [0.2, 0.25) is 0 Å². The van der Waals surface area contributed by atoms with Crippen molar-refractivity contribution in [2.45, 2.75) is 33.2 Å². The maximum atomic E-state index is 3.65. The Hall–Kier alpha value is -1.60. The molecule has 100 valence electrons. The number of aryl methyl sites for hydroxylation is 2. The summed E-state index contributed by atoms with van der Waals surface area (Å²) < 4.78 is 0. The number of benzene rings is 2. The second kappa shape index (κ2) is 6.53. The average Bonchev–Trinajstić information content (AvgIpc) is 2.41. The van der Waals surface area contributed by atoms with Crippen LogP contribution in [0.1, 0.15) is 41.6 Å². The highest BCUT2D eigenvalue weighted by molar-refractivity contribution is 5.35. The molecule has 0 aliphatic rings. The van der Waals surface area contributed by atoms with E-state index < -0.39 is 0 Å². The van der Waals surface area contributed by atoms with Gasteiger partial charge in [-0.3, -0.25) is 0 Å². The molecular formula is C18H23N. The second-order valence-corrected chi connectivity index (χ2v) is 5.21. The molecule has 19 heavy (non-hydrogen) atoms. The van der Waals surface area contributed by atoms with Crippen molar-refractivity contribution >= 4 is 0 Å². The lowest BCUT2D eigenvalue weighted by molar-refractivity contribution is 0.598. The van der Waals surface area contributed by atoms with Crippen LogP contribution in [0.5, 0.6) is 0 Å². The largest absolute Gasteiger partial charge is 0.306 e. The van der Waals surface area contributed by atoms with Crippen LogP contribution < -0.4 is 5.32 Å². The van der Waals surface area contributed by atoms with Crippen molar-refractivity contribution < 1.29 is 0 Å². The molecule has 0 aliphatic carbocycles. The van der Waals surface area contributed by atoms with Crippen molar-refractivity contribution in [3.8, 4) is 0 Å². The van der Waals surface area contributed by atoms with E-state index in [-0.39, 0.29) is 0 Å². The van der Waals surface area contributed by atoms with E-state index in [4.69, 9.17) is 0 Å². The summed E-state index contributed by atoms with van der Waals surface area (Å²) in [4.78, 5) is 0. The molecular weight excluding hydrogens is 230 g/mol. The maximum absolute atomic E-state index is 3.65. The van der Waals surface area contributed by atoms with Crippen LogP contribution in [0.25, 0.3) is 0 Å². The van der Waals surface area contributed by atoms with Crippen LogP contribution in [0.4, 0.5) is 0 Å². The summed E-state index contributed by atoms with van der Waals surface area (Å²) in [5.74, 6) is 0. The molecule has 2 aromatic rings. The molecule has 0 aromatic heterocycles. The van der Waals surface area contributed by atoms with E-state index in [1.165, 1.54) is 22.3 Å². The van der Waals surface area contributed by atoms with E-state index in [1.54, 1.807) is 0 Å². The number of rotatable bonds is 5. The molecule has 0 saturated carbocycles. The van der Waals surface area contributed by atoms with Crippen LogP contribution >= 0.6 is 0 Å². The Morgan fingerprint density at radius 3 is 2.26 bits per heavy atom. The van der Waals surface area contributed by atoms with Gasteiger partial charge in [-0.05, 0) is 37.9 Å². The van der Waals surface area contributed by atoms with Crippen LogP contribution in [0.15, 0.2) is 48.5 Å². The van der Waals surface area contributed by atoms with Gasteiger partial charge >= 0.3 is 0 Å². The highest BCUT2D eigenvalue weighted by Crippen LogP contribution is 2.23. The Balaban J connectivity index is 2.32. The van der Waals surface area contributed by atoms with Crippen molar-refractivity contribution in [1.82, 2.24) is 5.32 Å². The van der Waals surface area contributed by atoms with Crippen LogP contribution in [0, 0.1) is 13.8 Å². The lowest BCUT2D eigenvalue weighted by Crippen LogP contribution is -2.23. The summed E-state index contributed by atoms with van der Waals surface area (Å²) >= 11 is 0. The van der Waals surface area contributed by atoms with Gasteiger partial charge in [0.2, 0.25) is 0 Å². The molecule has 1 unspecified atom stereocenters. The summed E-state index contributed by atoms with van der Waals surface area (Å²) in [5.41, 5.74) is 5.30. The van der Waals surface area contributed by atoms with Gasteiger partial charge in [0, 0.05) is 0 Å². The number of hydrogen-bond donors (Lipinski definition) is 1. The Bertz CT molecular complexity index is 513. The molecule has 1 atom stereocenters. The van der Waals surface area contributed by atoms with E-state index in [0.717, 1.165) is 13.0 Å². The van der Waals surface area contributed by atoms with Gasteiger partial charge < -0.3 is 5.32 Å². The Morgan fingerprint density at radius 1 is 0.895 bits per heavy atom. The van der Waals surface area contributed by atoms with Crippen molar-refractivity contribution in [2.24, 2.45) is 0 Å². The van der Waals surface area contributed by atoms with Gasteiger partial charge in [-0.2, -0.15) is 0 Å². The number of hydrogen-bond acceptors (Lipinski definition) is 1. The van der Waals surface area contributed by atoms with E-state index in [1.807, 2.05) is 0 Å². The third kappa shape index (κ3) is 3.68. The van der Waals surface area contributed by atoms with Crippen LogP contribution in [0.3, 0.4) is 0 Å². The maximum Gasteiger partial charge on any atom is 0.0576 e. The molecule has 0 saturated heterocycles. The molecule has 0 fully saturated rings. The van der Waals surface area contributed by atoms with E-state index >= 15 is 0 Å². The van der Waals surface area contributed by atoms with Crippen LogP contribution in [-0.2, 0) is 0 Å². The fourth-order valence-electron chi connectivity index (χ4n) is 2.33. The Kier molecular flexibility index (Phi) is 4.75. The van der Waals surface area contributed by atoms with Crippen molar-refractivity contribution in [2.75, 3.05) is 6.54 Å². The molecule has 0 bridgehead atoms. The van der Waals surface area contributed by atoms with Gasteiger partial charge in [0.15, 0.2) is 0 Å². The zero-order chi connectivity index (χ0) is 13.7. The van der Waals surface area contributed by atoms with Crippen molar-refractivity contribution in [3.05, 3.63) is 70.8 Å². The highest BCUT2D eigenvalue weighted by Gasteiger charge is 2.12. The van der Waals surface area contributed by atoms with Gasteiger partial charge in [0.25, 0.3) is 0 Å². The summed E-state index contributed by atoms with van der Waals surface area (Å²) in [6.45, 7) is 7.52. The fraction of sp³-hybridized carbons (Fsp3) is 0.333. The molecule has 1 N–H and O–H groups in total. The average molecular weight is 253 g/mol. The van der Waals surface area contributed by atoms with Gasteiger partial charge in [-0.15, -0.1) is 0 Å². The molecule has 0 amide bonds. The predicted molar refractivity (Wildman–Crippen MR) is 82.5 cm³/mol.